The first-order valence-electron chi connectivity index (χ1n) is 6.59. The molecule has 6 heteroatoms. The Morgan fingerprint density at radius 2 is 1.86 bits per heavy atom. The first kappa shape index (κ1) is 15.0. The number of ether oxygens (including phenoxy) is 2. The zero-order chi connectivity index (χ0) is 15.6. The van der Waals surface area contributed by atoms with Crippen molar-refractivity contribution in [2.75, 3.05) is 5.32 Å². The molecule has 1 unspecified atom stereocenters. The van der Waals surface area contributed by atoms with Crippen LogP contribution in [0.4, 0.5) is 10.5 Å². The molecule has 0 bridgehead atoms. The van der Waals surface area contributed by atoms with E-state index in [0.717, 1.165) is 0 Å². The topological polar surface area (TPSA) is 81.7 Å². The van der Waals surface area contributed by atoms with Gasteiger partial charge in [0.15, 0.2) is 0 Å². The van der Waals surface area contributed by atoms with Crippen molar-refractivity contribution < 1.29 is 23.9 Å². The summed E-state index contributed by atoms with van der Waals surface area (Å²) in [6, 6.07) is 6.65. The van der Waals surface area contributed by atoms with Gasteiger partial charge in [0.2, 0.25) is 0 Å². The molecule has 1 atom stereocenters. The van der Waals surface area contributed by atoms with Crippen LogP contribution in [0.1, 0.15) is 38.7 Å². The summed E-state index contributed by atoms with van der Waals surface area (Å²) in [5, 5.41) is 2.59. The number of amides is 1. The predicted octanol–water partition coefficient (Wildman–Crippen LogP) is 2.59. The molecular formula is C15H17NO5. The monoisotopic (exact) mass is 291 g/mol. The number of carbonyl (C=O) groups is 3. The van der Waals surface area contributed by atoms with Gasteiger partial charge in [0.05, 0.1) is 12.3 Å². The molecule has 0 saturated carbocycles. The van der Waals surface area contributed by atoms with Crippen LogP contribution in [0.5, 0.6) is 0 Å². The maximum absolute atomic E-state index is 11.6. The van der Waals surface area contributed by atoms with Crippen LogP contribution in [-0.2, 0) is 19.1 Å². The van der Waals surface area contributed by atoms with Crippen molar-refractivity contribution in [3.8, 4) is 0 Å². The molecule has 112 valence electrons. The van der Waals surface area contributed by atoms with E-state index in [1.807, 2.05) is 0 Å². The number of nitrogens with one attached hydrogen (secondary N) is 1. The molecular weight excluding hydrogens is 274 g/mol. The lowest BCUT2D eigenvalue weighted by molar-refractivity contribution is -0.152. The average Bonchev–Trinajstić information content (AvgIpc) is 2.67. The van der Waals surface area contributed by atoms with E-state index in [0.29, 0.717) is 11.3 Å². The molecule has 1 aliphatic heterocycles. The zero-order valence-electron chi connectivity index (χ0n) is 12.1. The highest BCUT2D eigenvalue weighted by molar-refractivity contribution is 5.98. The van der Waals surface area contributed by atoms with E-state index >= 15 is 0 Å². The van der Waals surface area contributed by atoms with E-state index in [2.05, 4.69) is 10.1 Å². The lowest BCUT2D eigenvalue weighted by Crippen LogP contribution is -2.27. The number of anilines is 1. The summed E-state index contributed by atoms with van der Waals surface area (Å²) < 4.78 is 9.64. The van der Waals surface area contributed by atoms with Gasteiger partial charge in [-0.25, -0.2) is 4.79 Å². The van der Waals surface area contributed by atoms with Gasteiger partial charge in [-0.1, -0.05) is 12.1 Å². The molecule has 1 N–H and O–H groups in total. The summed E-state index contributed by atoms with van der Waals surface area (Å²) in [5.41, 5.74) is 0.657. The number of rotatable bonds is 2. The van der Waals surface area contributed by atoms with Crippen LogP contribution in [-0.4, -0.2) is 23.6 Å². The summed E-state index contributed by atoms with van der Waals surface area (Å²) in [5.74, 6) is -1.61. The normalized spacial score (nSPS) is 18.3. The molecule has 1 aliphatic rings. The fraction of sp³-hybridized carbons (Fsp3) is 0.400. The lowest BCUT2D eigenvalue weighted by Gasteiger charge is -2.19. The molecule has 1 aromatic rings. The van der Waals surface area contributed by atoms with Crippen LogP contribution in [0.25, 0.3) is 0 Å². The molecule has 1 fully saturated rings. The summed E-state index contributed by atoms with van der Waals surface area (Å²) in [6.07, 6.45) is -0.497. The van der Waals surface area contributed by atoms with E-state index in [1.165, 1.54) is 0 Å². The minimum absolute atomic E-state index is 0.0532. The first-order chi connectivity index (χ1) is 9.74. The maximum atomic E-state index is 11.6. The van der Waals surface area contributed by atoms with Crippen molar-refractivity contribution in [3.05, 3.63) is 29.8 Å². The highest BCUT2D eigenvalue weighted by Crippen LogP contribution is 2.28. The Kier molecular flexibility index (Phi) is 3.97. The Balaban J connectivity index is 2.01. The molecule has 0 radical (unpaired) electrons. The third-order valence-corrected chi connectivity index (χ3v) is 2.83. The summed E-state index contributed by atoms with van der Waals surface area (Å²) in [6.45, 7) is 5.33. The van der Waals surface area contributed by atoms with E-state index in [1.54, 1.807) is 45.0 Å². The van der Waals surface area contributed by atoms with Gasteiger partial charge in [-0.2, -0.15) is 0 Å². The first-order valence-corrected chi connectivity index (χ1v) is 6.59. The number of esters is 2. The summed E-state index contributed by atoms with van der Waals surface area (Å²) in [4.78, 5) is 34.1. The van der Waals surface area contributed by atoms with Crippen molar-refractivity contribution in [1.29, 1.82) is 0 Å². The molecule has 1 saturated heterocycles. The second kappa shape index (κ2) is 5.55. The van der Waals surface area contributed by atoms with Crippen LogP contribution in [0.2, 0.25) is 0 Å². The fourth-order valence-corrected chi connectivity index (χ4v) is 1.95. The second-order valence-electron chi connectivity index (χ2n) is 5.80. The van der Waals surface area contributed by atoms with Gasteiger partial charge in [-0.15, -0.1) is 0 Å². The van der Waals surface area contributed by atoms with E-state index < -0.39 is 29.6 Å². The van der Waals surface area contributed by atoms with E-state index in [9.17, 15) is 14.4 Å². The quantitative estimate of drug-likeness (QED) is 0.669. The zero-order valence-corrected chi connectivity index (χ0v) is 12.1. The molecule has 0 spiro atoms. The Morgan fingerprint density at radius 3 is 2.33 bits per heavy atom. The van der Waals surface area contributed by atoms with Crippen molar-refractivity contribution in [2.24, 2.45) is 0 Å². The van der Waals surface area contributed by atoms with Crippen molar-refractivity contribution >= 4 is 23.7 Å². The molecule has 1 heterocycles. The molecule has 0 aromatic heterocycles. The van der Waals surface area contributed by atoms with Gasteiger partial charge in [-0.3, -0.25) is 14.9 Å². The van der Waals surface area contributed by atoms with Crippen LogP contribution < -0.4 is 5.32 Å². The van der Waals surface area contributed by atoms with Crippen LogP contribution in [0, 0.1) is 0 Å². The number of hydrogen-bond donors (Lipinski definition) is 1. The predicted molar refractivity (Wildman–Crippen MR) is 74.8 cm³/mol. The van der Waals surface area contributed by atoms with Gasteiger partial charge in [-0.05, 0) is 38.5 Å². The van der Waals surface area contributed by atoms with Gasteiger partial charge in [0.25, 0.3) is 0 Å². The van der Waals surface area contributed by atoms with Crippen LogP contribution >= 0.6 is 0 Å². The van der Waals surface area contributed by atoms with Gasteiger partial charge >= 0.3 is 18.0 Å². The summed E-state index contributed by atoms with van der Waals surface area (Å²) >= 11 is 0. The number of benzene rings is 1. The SMILES string of the molecule is CC(C)(C)OC(=O)Nc1ccc(C2CC(=O)OC2=O)cc1. The largest absolute Gasteiger partial charge is 0.444 e. The molecule has 1 aromatic carbocycles. The Bertz CT molecular complexity index is 571. The van der Waals surface area contributed by atoms with Crippen LogP contribution in [0.15, 0.2) is 24.3 Å². The number of hydrogen-bond acceptors (Lipinski definition) is 5. The minimum Gasteiger partial charge on any atom is -0.444 e. The van der Waals surface area contributed by atoms with E-state index in [-0.39, 0.29) is 6.42 Å². The molecule has 0 aliphatic carbocycles. The minimum atomic E-state index is -0.571. The maximum Gasteiger partial charge on any atom is 0.412 e. The standard InChI is InChI=1S/C15H17NO5/c1-15(2,3)21-14(19)16-10-6-4-9(5-7-10)11-8-12(17)20-13(11)18/h4-7,11H,8H2,1-3H3,(H,16,19). The second-order valence-corrected chi connectivity index (χ2v) is 5.80. The van der Waals surface area contributed by atoms with Crippen molar-refractivity contribution in [2.45, 2.75) is 38.7 Å². The Morgan fingerprint density at radius 1 is 1.24 bits per heavy atom. The van der Waals surface area contributed by atoms with Crippen LogP contribution in [0.3, 0.4) is 0 Å². The third-order valence-electron chi connectivity index (χ3n) is 2.83. The Labute approximate surface area is 122 Å². The molecule has 21 heavy (non-hydrogen) atoms. The fourth-order valence-electron chi connectivity index (χ4n) is 1.95. The third kappa shape index (κ3) is 4.05. The van der Waals surface area contributed by atoms with Gasteiger partial charge in [0, 0.05) is 5.69 Å². The van der Waals surface area contributed by atoms with Gasteiger partial charge in [0.1, 0.15) is 5.60 Å². The highest BCUT2D eigenvalue weighted by atomic mass is 16.6. The van der Waals surface area contributed by atoms with Crippen molar-refractivity contribution in [3.63, 3.8) is 0 Å². The van der Waals surface area contributed by atoms with E-state index in [4.69, 9.17) is 4.74 Å². The molecule has 6 nitrogen and oxygen atoms in total. The lowest BCUT2D eigenvalue weighted by atomic mass is 9.97. The number of carbonyl (C=O) groups excluding carboxylic acids is 3. The van der Waals surface area contributed by atoms with Gasteiger partial charge < -0.3 is 9.47 Å². The molecule has 1 amide bonds. The summed E-state index contributed by atoms with van der Waals surface area (Å²) in [7, 11) is 0. The Hall–Kier alpha value is -2.37. The number of cyclic esters (lactones) is 2. The average molecular weight is 291 g/mol. The molecule has 2 rings (SSSR count). The van der Waals surface area contributed by atoms with Crippen molar-refractivity contribution in [1.82, 2.24) is 0 Å². The smallest absolute Gasteiger partial charge is 0.412 e. The highest BCUT2D eigenvalue weighted by Gasteiger charge is 2.34.